The van der Waals surface area contributed by atoms with Crippen LogP contribution in [0.1, 0.15) is 45.6 Å². The van der Waals surface area contributed by atoms with E-state index in [1.165, 1.54) is 0 Å². The summed E-state index contributed by atoms with van der Waals surface area (Å²) in [5.74, 6) is -0.739. The lowest BCUT2D eigenvalue weighted by molar-refractivity contribution is -0.581. The van der Waals surface area contributed by atoms with E-state index in [1.54, 1.807) is 6.92 Å². The Morgan fingerprint density at radius 2 is 1.95 bits per heavy atom. The van der Waals surface area contributed by atoms with Crippen LogP contribution in [0.3, 0.4) is 0 Å². The van der Waals surface area contributed by atoms with Crippen LogP contribution in [0, 0.1) is 16.0 Å². The number of rotatable bonds is 5. The molecule has 0 spiro atoms. The number of hydrogen-bond acceptors (Lipinski definition) is 4. The van der Waals surface area contributed by atoms with Gasteiger partial charge in [0.15, 0.2) is 0 Å². The predicted molar refractivity (Wildman–Crippen MR) is 83.2 cm³/mol. The molecule has 2 rings (SSSR count). The van der Waals surface area contributed by atoms with Crippen LogP contribution in [0.2, 0.25) is 0 Å². The summed E-state index contributed by atoms with van der Waals surface area (Å²) in [5, 5.41) is 11.9. The van der Waals surface area contributed by atoms with E-state index in [0.29, 0.717) is 19.4 Å². The van der Waals surface area contributed by atoms with Crippen molar-refractivity contribution in [3.05, 3.63) is 46.0 Å². The van der Waals surface area contributed by atoms with Crippen molar-refractivity contribution in [1.29, 1.82) is 0 Å². The van der Waals surface area contributed by atoms with Gasteiger partial charge in [-0.15, -0.1) is 0 Å². The summed E-state index contributed by atoms with van der Waals surface area (Å²) in [7, 11) is 0. The molecule has 1 aliphatic rings. The number of ether oxygens (including phenoxy) is 1. The van der Waals surface area contributed by atoms with Gasteiger partial charge in [0, 0.05) is 17.8 Å². The van der Waals surface area contributed by atoms with E-state index in [2.05, 4.69) is 0 Å². The molecule has 0 aliphatic heterocycles. The molecule has 3 atom stereocenters. The zero-order chi connectivity index (χ0) is 16.4. The van der Waals surface area contributed by atoms with E-state index in [-0.39, 0.29) is 17.3 Å². The summed E-state index contributed by atoms with van der Waals surface area (Å²) in [4.78, 5) is 23.9. The molecular formula is C17H23NO4. The van der Waals surface area contributed by atoms with Crippen LogP contribution in [0.4, 0.5) is 0 Å². The lowest BCUT2D eigenvalue weighted by Crippen LogP contribution is -2.51. The molecule has 22 heavy (non-hydrogen) atoms. The van der Waals surface area contributed by atoms with Gasteiger partial charge >= 0.3 is 5.97 Å². The summed E-state index contributed by atoms with van der Waals surface area (Å²) >= 11 is 0. The molecule has 0 saturated heterocycles. The first-order valence-electron chi connectivity index (χ1n) is 7.78. The van der Waals surface area contributed by atoms with Crippen LogP contribution in [0.15, 0.2) is 30.3 Å². The highest BCUT2D eigenvalue weighted by atomic mass is 16.6. The van der Waals surface area contributed by atoms with Gasteiger partial charge in [-0.05, 0) is 25.8 Å². The topological polar surface area (TPSA) is 69.4 Å². The second kappa shape index (κ2) is 6.07. The Balaban J connectivity index is 2.49. The van der Waals surface area contributed by atoms with Crippen LogP contribution < -0.4 is 0 Å². The van der Waals surface area contributed by atoms with Gasteiger partial charge < -0.3 is 4.74 Å². The minimum atomic E-state index is -1.13. The zero-order valence-corrected chi connectivity index (χ0v) is 13.4. The average Bonchev–Trinajstić information content (AvgIpc) is 2.84. The largest absolute Gasteiger partial charge is 0.466 e. The maximum absolute atomic E-state index is 12.1. The van der Waals surface area contributed by atoms with Gasteiger partial charge in [0.25, 0.3) is 0 Å². The molecule has 1 fully saturated rings. The Morgan fingerprint density at radius 3 is 2.45 bits per heavy atom. The summed E-state index contributed by atoms with van der Waals surface area (Å²) in [6.45, 7) is 5.80. The lowest BCUT2D eigenvalue weighted by atomic mass is 9.67. The zero-order valence-electron chi connectivity index (χ0n) is 13.4. The number of nitro groups is 1. The summed E-state index contributed by atoms with van der Waals surface area (Å²) in [6, 6.07) is 9.50. The van der Waals surface area contributed by atoms with Crippen LogP contribution in [-0.2, 0) is 14.9 Å². The van der Waals surface area contributed by atoms with Crippen molar-refractivity contribution in [2.24, 2.45) is 5.92 Å². The van der Waals surface area contributed by atoms with Crippen LogP contribution in [0.5, 0.6) is 0 Å². The first-order chi connectivity index (χ1) is 10.4. The van der Waals surface area contributed by atoms with Crippen LogP contribution in [0.25, 0.3) is 0 Å². The normalized spacial score (nSPS) is 31.0. The standard InChI is InChI=1S/C17H23NO4/c1-4-17(18(20)21)12-13(15(19)22-5-2)11-16(17,3)14-9-7-6-8-10-14/h6-10,13H,4-5,11-12H2,1-3H3/t13?,16-,17+/m0/s1. The Kier molecular flexibility index (Phi) is 4.54. The van der Waals surface area contributed by atoms with Crippen molar-refractivity contribution in [2.75, 3.05) is 6.61 Å². The molecule has 120 valence electrons. The minimum absolute atomic E-state index is 0.181. The van der Waals surface area contributed by atoms with Crippen molar-refractivity contribution in [1.82, 2.24) is 0 Å². The van der Waals surface area contributed by atoms with Gasteiger partial charge in [0.2, 0.25) is 5.54 Å². The molecule has 0 radical (unpaired) electrons. The van der Waals surface area contributed by atoms with E-state index >= 15 is 0 Å². The number of carbonyl (C=O) groups excluding carboxylic acids is 1. The molecule has 0 amide bonds. The van der Waals surface area contributed by atoms with Gasteiger partial charge in [0.1, 0.15) is 0 Å². The molecule has 5 nitrogen and oxygen atoms in total. The van der Waals surface area contributed by atoms with E-state index < -0.39 is 16.9 Å². The average molecular weight is 305 g/mol. The van der Waals surface area contributed by atoms with Crippen molar-refractivity contribution >= 4 is 5.97 Å². The summed E-state index contributed by atoms with van der Waals surface area (Å²) in [6.07, 6.45) is 1.08. The molecule has 1 aromatic rings. The van der Waals surface area contributed by atoms with Crippen molar-refractivity contribution < 1.29 is 14.5 Å². The summed E-state index contributed by atoms with van der Waals surface area (Å²) < 4.78 is 5.11. The molecule has 0 N–H and O–H groups in total. The fourth-order valence-corrected chi connectivity index (χ4v) is 3.95. The van der Waals surface area contributed by atoms with Crippen LogP contribution in [-0.4, -0.2) is 23.0 Å². The second-order valence-corrected chi connectivity index (χ2v) is 6.20. The number of esters is 1. The molecular weight excluding hydrogens is 282 g/mol. The molecule has 0 heterocycles. The molecule has 1 aromatic carbocycles. The molecule has 5 heteroatoms. The first kappa shape index (κ1) is 16.5. The number of hydrogen-bond donors (Lipinski definition) is 0. The smallest absolute Gasteiger partial charge is 0.309 e. The third-order valence-electron chi connectivity index (χ3n) is 5.23. The van der Waals surface area contributed by atoms with Gasteiger partial charge in [-0.3, -0.25) is 14.9 Å². The molecule has 0 aromatic heterocycles. The number of carbonyl (C=O) groups is 1. The van der Waals surface area contributed by atoms with Gasteiger partial charge in [-0.2, -0.15) is 0 Å². The SMILES string of the molecule is CCOC(=O)C1C[C@@](CC)([N+](=O)[O-])[C@](C)(c2ccccc2)C1. The monoisotopic (exact) mass is 305 g/mol. The van der Waals surface area contributed by atoms with Crippen molar-refractivity contribution in [2.45, 2.75) is 51.0 Å². The van der Waals surface area contributed by atoms with E-state index in [9.17, 15) is 14.9 Å². The fraction of sp³-hybridized carbons (Fsp3) is 0.588. The van der Waals surface area contributed by atoms with E-state index in [1.807, 2.05) is 44.2 Å². The predicted octanol–water partition coefficient (Wildman–Crippen LogP) is 3.34. The fourth-order valence-electron chi connectivity index (χ4n) is 3.95. The highest BCUT2D eigenvalue weighted by Gasteiger charge is 2.65. The summed E-state index contributed by atoms with van der Waals surface area (Å²) in [5.41, 5.74) is -0.893. The van der Waals surface area contributed by atoms with Crippen molar-refractivity contribution in [3.63, 3.8) is 0 Å². The highest BCUT2D eigenvalue weighted by molar-refractivity contribution is 5.73. The maximum Gasteiger partial charge on any atom is 0.309 e. The maximum atomic E-state index is 12.1. The van der Waals surface area contributed by atoms with Crippen molar-refractivity contribution in [3.8, 4) is 0 Å². The molecule has 1 aliphatic carbocycles. The van der Waals surface area contributed by atoms with Gasteiger partial charge in [-0.25, -0.2) is 0 Å². The van der Waals surface area contributed by atoms with Gasteiger partial charge in [-0.1, -0.05) is 37.3 Å². The quantitative estimate of drug-likeness (QED) is 0.475. The van der Waals surface area contributed by atoms with E-state index in [0.717, 1.165) is 5.56 Å². The minimum Gasteiger partial charge on any atom is -0.466 e. The Hall–Kier alpha value is -1.91. The van der Waals surface area contributed by atoms with E-state index in [4.69, 9.17) is 4.74 Å². The second-order valence-electron chi connectivity index (χ2n) is 6.20. The first-order valence-corrected chi connectivity index (χ1v) is 7.78. The molecule has 0 bridgehead atoms. The van der Waals surface area contributed by atoms with Gasteiger partial charge in [0.05, 0.1) is 17.9 Å². The highest BCUT2D eigenvalue weighted by Crippen LogP contribution is 2.54. The Morgan fingerprint density at radius 1 is 1.32 bits per heavy atom. The molecule has 1 saturated carbocycles. The third kappa shape index (κ3) is 2.38. The van der Waals surface area contributed by atoms with Crippen LogP contribution >= 0.6 is 0 Å². The lowest BCUT2D eigenvalue weighted by Gasteiger charge is -2.36. The number of nitrogens with zero attached hydrogens (tertiary/aromatic N) is 1. The molecule has 1 unspecified atom stereocenters. The Bertz CT molecular complexity index is 559. The Labute approximate surface area is 130 Å². The number of benzene rings is 1. The third-order valence-corrected chi connectivity index (χ3v) is 5.23.